The number of nitrogens with zero attached hydrogens (tertiary/aromatic N) is 1. The highest BCUT2D eigenvalue weighted by molar-refractivity contribution is 9.10. The third kappa shape index (κ3) is 2.79. The minimum Gasteiger partial charge on any atom is -0.426 e. The molecule has 2 atom stereocenters. The van der Waals surface area contributed by atoms with E-state index in [2.05, 4.69) is 15.9 Å². The summed E-state index contributed by atoms with van der Waals surface area (Å²) < 4.78 is 6.24. The third-order valence-corrected chi connectivity index (χ3v) is 5.89. The smallest absolute Gasteiger partial charge is 0.324 e. The molecular weight excluding hydrogens is 410 g/mol. The summed E-state index contributed by atoms with van der Waals surface area (Å²) in [5, 5.41) is 0. The Hall–Kier alpha value is -2.47. The first-order chi connectivity index (χ1) is 12.8. The Labute approximate surface area is 165 Å². The molecule has 2 aromatic rings. The van der Waals surface area contributed by atoms with Gasteiger partial charge in [0, 0.05) is 16.0 Å². The van der Waals surface area contributed by atoms with Crippen molar-refractivity contribution >= 4 is 33.7 Å². The highest BCUT2D eigenvalue weighted by Gasteiger charge is 2.59. The van der Waals surface area contributed by atoms with Crippen molar-refractivity contribution in [3.8, 4) is 5.75 Å². The highest BCUT2D eigenvalue weighted by Crippen LogP contribution is 2.52. The largest absolute Gasteiger partial charge is 0.426 e. The summed E-state index contributed by atoms with van der Waals surface area (Å²) in [4.78, 5) is 40.3. The van der Waals surface area contributed by atoms with Crippen molar-refractivity contribution in [2.24, 2.45) is 11.3 Å². The fraction of sp³-hybridized carbons (Fsp3) is 0.286. The van der Waals surface area contributed by atoms with Gasteiger partial charge in [-0.15, -0.1) is 0 Å². The first kappa shape index (κ1) is 17.9. The van der Waals surface area contributed by atoms with Crippen LogP contribution in [0.2, 0.25) is 0 Å². The summed E-state index contributed by atoms with van der Waals surface area (Å²) in [7, 11) is 0. The van der Waals surface area contributed by atoms with Gasteiger partial charge in [0.05, 0.1) is 12.0 Å². The molecule has 0 aliphatic carbocycles. The number of likely N-dealkylation sites (tertiary alicyclic amines) is 1. The number of carbonyl (C=O) groups excluding carboxylic acids is 3. The number of imide groups is 1. The number of hydrogen-bond donors (Lipinski definition) is 0. The molecule has 0 spiro atoms. The predicted molar refractivity (Wildman–Crippen MR) is 102 cm³/mol. The van der Waals surface area contributed by atoms with Crippen molar-refractivity contribution in [3.63, 3.8) is 0 Å². The molecule has 1 fully saturated rings. The maximum Gasteiger partial charge on any atom is 0.324 e. The Morgan fingerprint density at radius 1 is 1.07 bits per heavy atom. The van der Waals surface area contributed by atoms with Crippen LogP contribution in [-0.4, -0.2) is 22.7 Å². The number of hydrogen-bond acceptors (Lipinski definition) is 4. The lowest BCUT2D eigenvalue weighted by Crippen LogP contribution is -2.60. The molecule has 2 aromatic carbocycles. The minimum absolute atomic E-state index is 0.143. The van der Waals surface area contributed by atoms with E-state index < -0.39 is 29.1 Å². The molecule has 27 heavy (non-hydrogen) atoms. The number of amides is 2. The molecule has 5 nitrogen and oxygen atoms in total. The molecule has 2 aliphatic heterocycles. The Bertz CT molecular complexity index is 954. The number of esters is 1. The lowest BCUT2D eigenvalue weighted by atomic mass is 9.63. The molecule has 2 amide bonds. The normalized spacial score (nSPS) is 23.5. The van der Waals surface area contributed by atoms with Crippen LogP contribution in [0.3, 0.4) is 0 Å². The fourth-order valence-electron chi connectivity index (χ4n) is 4.06. The van der Waals surface area contributed by atoms with Crippen LogP contribution in [0, 0.1) is 11.3 Å². The van der Waals surface area contributed by atoms with Crippen LogP contribution in [0.5, 0.6) is 5.75 Å². The first-order valence-electron chi connectivity index (χ1n) is 8.71. The molecule has 138 valence electrons. The maximum atomic E-state index is 13.3. The van der Waals surface area contributed by atoms with Crippen LogP contribution in [0.15, 0.2) is 53.0 Å². The Morgan fingerprint density at radius 2 is 1.78 bits per heavy atom. The van der Waals surface area contributed by atoms with Gasteiger partial charge in [-0.2, -0.15) is 0 Å². The quantitative estimate of drug-likeness (QED) is 0.317. The van der Waals surface area contributed by atoms with Gasteiger partial charge in [-0.25, -0.2) is 0 Å². The van der Waals surface area contributed by atoms with E-state index in [-0.39, 0.29) is 12.5 Å². The summed E-state index contributed by atoms with van der Waals surface area (Å²) in [6.45, 7) is 3.73. The molecule has 0 aromatic heterocycles. The van der Waals surface area contributed by atoms with E-state index in [1.165, 1.54) is 4.90 Å². The van der Waals surface area contributed by atoms with Crippen LogP contribution in [-0.2, 0) is 20.9 Å². The molecule has 0 radical (unpaired) electrons. The van der Waals surface area contributed by atoms with Crippen LogP contribution in [0.1, 0.15) is 30.9 Å². The predicted octanol–water partition coefficient (Wildman–Crippen LogP) is 3.66. The number of carbonyl (C=O) groups is 3. The lowest BCUT2D eigenvalue weighted by molar-refractivity contribution is -0.169. The molecule has 0 bridgehead atoms. The molecule has 0 N–H and O–H groups in total. The SMILES string of the molecule is CC1(C)C(=O)N(Cc2ccccc2)C(=O)[C@@H]2C(=O)Oc3ccc(Br)cc3[C@@H]21. The average molecular weight is 428 g/mol. The summed E-state index contributed by atoms with van der Waals surface area (Å²) in [6.07, 6.45) is 0. The maximum absolute atomic E-state index is 13.3. The van der Waals surface area contributed by atoms with Gasteiger partial charge in [0.25, 0.3) is 0 Å². The number of ether oxygens (including phenoxy) is 1. The van der Waals surface area contributed by atoms with Gasteiger partial charge in [0.15, 0.2) is 0 Å². The van der Waals surface area contributed by atoms with Crippen molar-refractivity contribution in [1.82, 2.24) is 4.90 Å². The number of benzene rings is 2. The Morgan fingerprint density at radius 3 is 2.48 bits per heavy atom. The molecule has 2 heterocycles. The van der Waals surface area contributed by atoms with Crippen molar-refractivity contribution in [3.05, 3.63) is 64.1 Å². The zero-order valence-electron chi connectivity index (χ0n) is 14.9. The van der Waals surface area contributed by atoms with E-state index in [9.17, 15) is 14.4 Å². The zero-order chi connectivity index (χ0) is 19.3. The third-order valence-electron chi connectivity index (χ3n) is 5.39. The van der Waals surface area contributed by atoms with E-state index in [1.54, 1.807) is 26.0 Å². The molecule has 2 aliphatic rings. The van der Waals surface area contributed by atoms with Crippen LogP contribution in [0.4, 0.5) is 0 Å². The standard InChI is InChI=1S/C21H18BrNO4/c1-21(2)17-14-10-13(22)8-9-15(14)27-19(25)16(17)18(24)23(20(21)26)11-12-6-4-3-5-7-12/h3-10,16-17H,11H2,1-2H3/t16-,17+/m1/s1. The van der Waals surface area contributed by atoms with Gasteiger partial charge in [-0.3, -0.25) is 19.3 Å². The first-order valence-corrected chi connectivity index (χ1v) is 9.51. The average Bonchev–Trinajstić information content (AvgIpc) is 2.64. The molecule has 4 rings (SSSR count). The van der Waals surface area contributed by atoms with E-state index in [4.69, 9.17) is 4.74 Å². The van der Waals surface area contributed by atoms with Crippen LogP contribution < -0.4 is 4.74 Å². The number of halogens is 1. The van der Waals surface area contributed by atoms with Crippen molar-refractivity contribution in [2.75, 3.05) is 0 Å². The number of rotatable bonds is 2. The topological polar surface area (TPSA) is 63.7 Å². The van der Waals surface area contributed by atoms with E-state index in [1.807, 2.05) is 36.4 Å². The van der Waals surface area contributed by atoms with Gasteiger partial charge in [-0.1, -0.05) is 60.1 Å². The van der Waals surface area contributed by atoms with Crippen LogP contribution in [0.25, 0.3) is 0 Å². The van der Waals surface area contributed by atoms with E-state index in [0.29, 0.717) is 11.3 Å². The summed E-state index contributed by atoms with van der Waals surface area (Å²) >= 11 is 3.43. The molecule has 6 heteroatoms. The van der Waals surface area contributed by atoms with Gasteiger partial charge in [0.1, 0.15) is 11.7 Å². The minimum atomic E-state index is -1.02. The van der Waals surface area contributed by atoms with E-state index in [0.717, 1.165) is 10.0 Å². The monoisotopic (exact) mass is 427 g/mol. The Kier molecular flexibility index (Phi) is 4.18. The second-order valence-electron chi connectivity index (χ2n) is 7.50. The van der Waals surface area contributed by atoms with Crippen LogP contribution >= 0.6 is 15.9 Å². The number of fused-ring (bicyclic) bond motifs is 3. The number of piperidine rings is 1. The van der Waals surface area contributed by atoms with Crippen molar-refractivity contribution < 1.29 is 19.1 Å². The highest BCUT2D eigenvalue weighted by atomic mass is 79.9. The lowest BCUT2D eigenvalue weighted by Gasteiger charge is -2.47. The van der Waals surface area contributed by atoms with Gasteiger partial charge in [-0.05, 0) is 23.8 Å². The van der Waals surface area contributed by atoms with Crippen molar-refractivity contribution in [2.45, 2.75) is 26.3 Å². The molecule has 0 saturated carbocycles. The Balaban J connectivity index is 1.80. The summed E-state index contributed by atoms with van der Waals surface area (Å²) in [5.41, 5.74) is 0.614. The zero-order valence-corrected chi connectivity index (χ0v) is 16.5. The second-order valence-corrected chi connectivity index (χ2v) is 8.41. The molecule has 0 unspecified atom stereocenters. The molecular formula is C21H18BrNO4. The van der Waals surface area contributed by atoms with Gasteiger partial charge in [0.2, 0.25) is 11.8 Å². The summed E-state index contributed by atoms with van der Waals surface area (Å²) in [6, 6.07) is 14.6. The van der Waals surface area contributed by atoms with Gasteiger partial charge < -0.3 is 4.74 Å². The fourth-order valence-corrected chi connectivity index (χ4v) is 4.43. The molecule has 1 saturated heterocycles. The second kappa shape index (κ2) is 6.30. The van der Waals surface area contributed by atoms with E-state index >= 15 is 0 Å². The van der Waals surface area contributed by atoms with Gasteiger partial charge >= 0.3 is 5.97 Å². The summed E-state index contributed by atoms with van der Waals surface area (Å²) in [5.74, 6) is -2.54. The van der Waals surface area contributed by atoms with Crippen molar-refractivity contribution in [1.29, 1.82) is 0 Å².